The van der Waals surface area contributed by atoms with Crippen LogP contribution in [0.15, 0.2) is 30.3 Å². The molecule has 0 saturated heterocycles. The van der Waals surface area contributed by atoms with E-state index in [0.717, 1.165) is 24.8 Å². The van der Waals surface area contributed by atoms with Crippen LogP contribution in [-0.2, 0) is 11.3 Å². The Hall–Kier alpha value is -1.51. The van der Waals surface area contributed by atoms with Crippen LogP contribution in [0.1, 0.15) is 70.8 Å². The van der Waals surface area contributed by atoms with Crippen molar-refractivity contribution >= 4 is 6.09 Å². The van der Waals surface area contributed by atoms with Gasteiger partial charge < -0.3 is 10.1 Å². The van der Waals surface area contributed by atoms with Gasteiger partial charge in [-0.1, -0.05) is 82.7 Å². The molecule has 0 aliphatic carbocycles. The first kappa shape index (κ1) is 18.5. The highest BCUT2D eigenvalue weighted by atomic mass is 16.5. The number of ether oxygens (including phenoxy) is 1. The van der Waals surface area contributed by atoms with Crippen molar-refractivity contribution in [3.05, 3.63) is 35.9 Å². The first-order valence-electron chi connectivity index (χ1n) is 8.73. The summed E-state index contributed by atoms with van der Waals surface area (Å²) < 4.78 is 5.30. The smallest absolute Gasteiger partial charge is 0.407 e. The number of amides is 1. The third-order valence-corrected chi connectivity index (χ3v) is 3.83. The molecule has 0 fully saturated rings. The van der Waals surface area contributed by atoms with Crippen molar-refractivity contribution in [1.29, 1.82) is 0 Å². The normalized spacial score (nSPS) is 11.9. The molecule has 0 aliphatic heterocycles. The molecule has 0 heterocycles. The number of alkyl carbamates (subject to hydrolysis) is 1. The standard InChI is InChI=1S/C19H31NO2/c1-3-5-6-7-11-15-18(12-4-2)20-19(21)22-16-17-13-9-8-10-14-17/h8-10,13-14,18H,3-7,11-12,15-16H2,1-2H3,(H,20,21). The van der Waals surface area contributed by atoms with Crippen molar-refractivity contribution in [3.63, 3.8) is 0 Å². The lowest BCUT2D eigenvalue weighted by atomic mass is 10.0. The fraction of sp³-hybridized carbons (Fsp3) is 0.632. The lowest BCUT2D eigenvalue weighted by Crippen LogP contribution is -2.35. The fourth-order valence-corrected chi connectivity index (χ4v) is 2.56. The van der Waals surface area contributed by atoms with Gasteiger partial charge in [0.15, 0.2) is 0 Å². The third kappa shape index (κ3) is 8.71. The number of hydrogen-bond donors (Lipinski definition) is 1. The molecule has 0 spiro atoms. The number of carbonyl (C=O) groups excluding carboxylic acids is 1. The molecule has 0 aliphatic rings. The molecule has 0 bridgehead atoms. The summed E-state index contributed by atoms with van der Waals surface area (Å²) in [5, 5.41) is 3.02. The van der Waals surface area contributed by atoms with Crippen molar-refractivity contribution in [2.45, 2.75) is 77.9 Å². The Kier molecular flexibility index (Phi) is 10.2. The highest BCUT2D eigenvalue weighted by Gasteiger charge is 2.12. The molecule has 1 aromatic carbocycles. The summed E-state index contributed by atoms with van der Waals surface area (Å²) in [5.74, 6) is 0. The van der Waals surface area contributed by atoms with Crippen molar-refractivity contribution in [2.24, 2.45) is 0 Å². The van der Waals surface area contributed by atoms with E-state index in [4.69, 9.17) is 4.74 Å². The zero-order valence-corrected chi connectivity index (χ0v) is 14.1. The molecule has 1 amide bonds. The number of hydrogen-bond acceptors (Lipinski definition) is 2. The molecule has 0 saturated carbocycles. The van der Waals surface area contributed by atoms with Gasteiger partial charge in [-0.05, 0) is 18.4 Å². The first-order valence-corrected chi connectivity index (χ1v) is 8.73. The van der Waals surface area contributed by atoms with Crippen LogP contribution in [0, 0.1) is 0 Å². The summed E-state index contributed by atoms with van der Waals surface area (Å²) in [6.07, 6.45) is 9.18. The summed E-state index contributed by atoms with van der Waals surface area (Å²) in [4.78, 5) is 11.9. The number of rotatable bonds is 11. The van der Waals surface area contributed by atoms with Crippen molar-refractivity contribution < 1.29 is 9.53 Å². The minimum absolute atomic E-state index is 0.245. The van der Waals surface area contributed by atoms with Crippen LogP contribution in [0.25, 0.3) is 0 Å². The van der Waals surface area contributed by atoms with Crippen LogP contribution in [-0.4, -0.2) is 12.1 Å². The first-order chi connectivity index (χ1) is 10.8. The van der Waals surface area contributed by atoms with E-state index in [0.29, 0.717) is 6.61 Å². The quantitative estimate of drug-likeness (QED) is 0.553. The predicted octanol–water partition coefficient (Wildman–Crippen LogP) is 5.44. The molecular formula is C19H31NO2. The maximum absolute atomic E-state index is 11.9. The van der Waals surface area contributed by atoms with Gasteiger partial charge in [-0.3, -0.25) is 0 Å². The molecule has 124 valence electrons. The van der Waals surface area contributed by atoms with Crippen LogP contribution in [0.3, 0.4) is 0 Å². The zero-order chi connectivity index (χ0) is 16.0. The number of nitrogens with one attached hydrogen (secondary N) is 1. The van der Waals surface area contributed by atoms with Gasteiger partial charge in [0.1, 0.15) is 6.61 Å². The molecule has 1 N–H and O–H groups in total. The Morgan fingerprint density at radius 3 is 2.41 bits per heavy atom. The maximum atomic E-state index is 11.9. The lowest BCUT2D eigenvalue weighted by molar-refractivity contribution is 0.134. The van der Waals surface area contributed by atoms with Gasteiger partial charge in [0, 0.05) is 6.04 Å². The molecule has 1 atom stereocenters. The van der Waals surface area contributed by atoms with Gasteiger partial charge in [0.05, 0.1) is 0 Å². The average molecular weight is 305 g/mol. The highest BCUT2D eigenvalue weighted by molar-refractivity contribution is 5.67. The highest BCUT2D eigenvalue weighted by Crippen LogP contribution is 2.11. The molecule has 1 aromatic rings. The monoisotopic (exact) mass is 305 g/mol. The Morgan fingerprint density at radius 1 is 1.00 bits per heavy atom. The molecule has 0 radical (unpaired) electrons. The minimum atomic E-state index is -0.295. The van der Waals surface area contributed by atoms with Gasteiger partial charge in [0.25, 0.3) is 0 Å². The predicted molar refractivity (Wildman–Crippen MR) is 91.8 cm³/mol. The molecule has 3 nitrogen and oxygen atoms in total. The van der Waals surface area contributed by atoms with Crippen molar-refractivity contribution in [2.75, 3.05) is 0 Å². The van der Waals surface area contributed by atoms with Crippen molar-refractivity contribution in [3.8, 4) is 0 Å². The third-order valence-electron chi connectivity index (χ3n) is 3.83. The topological polar surface area (TPSA) is 38.3 Å². The molecule has 3 heteroatoms. The Labute approximate surface area is 135 Å². The van der Waals surface area contributed by atoms with Gasteiger partial charge in [0.2, 0.25) is 0 Å². The zero-order valence-electron chi connectivity index (χ0n) is 14.1. The van der Waals surface area contributed by atoms with Crippen molar-refractivity contribution in [1.82, 2.24) is 5.32 Å². The second-order valence-electron chi connectivity index (χ2n) is 5.89. The molecule has 1 unspecified atom stereocenters. The van der Waals surface area contributed by atoms with Crippen LogP contribution >= 0.6 is 0 Å². The number of benzene rings is 1. The minimum Gasteiger partial charge on any atom is -0.445 e. The van der Waals surface area contributed by atoms with Crippen LogP contribution in [0.4, 0.5) is 4.79 Å². The van der Waals surface area contributed by atoms with E-state index >= 15 is 0 Å². The van der Waals surface area contributed by atoms with E-state index in [9.17, 15) is 4.79 Å². The second kappa shape index (κ2) is 12.1. The van der Waals surface area contributed by atoms with E-state index in [1.165, 1.54) is 32.1 Å². The molecule has 1 rings (SSSR count). The molecular weight excluding hydrogens is 274 g/mol. The summed E-state index contributed by atoms with van der Waals surface area (Å²) in [7, 11) is 0. The summed E-state index contributed by atoms with van der Waals surface area (Å²) >= 11 is 0. The Morgan fingerprint density at radius 2 is 1.73 bits per heavy atom. The van der Waals surface area contributed by atoms with Gasteiger partial charge in [-0.25, -0.2) is 4.79 Å². The summed E-state index contributed by atoms with van der Waals surface area (Å²) in [5.41, 5.74) is 1.02. The number of carbonyl (C=O) groups is 1. The van der Waals surface area contributed by atoms with Crippen LogP contribution < -0.4 is 5.32 Å². The van der Waals surface area contributed by atoms with E-state index < -0.39 is 0 Å². The van der Waals surface area contributed by atoms with Gasteiger partial charge in [-0.2, -0.15) is 0 Å². The molecule has 22 heavy (non-hydrogen) atoms. The van der Waals surface area contributed by atoms with E-state index in [2.05, 4.69) is 19.2 Å². The largest absolute Gasteiger partial charge is 0.445 e. The van der Waals surface area contributed by atoms with E-state index in [-0.39, 0.29) is 12.1 Å². The second-order valence-corrected chi connectivity index (χ2v) is 5.89. The summed E-state index contributed by atoms with van der Waals surface area (Å²) in [6, 6.07) is 10.0. The fourth-order valence-electron chi connectivity index (χ4n) is 2.56. The van der Waals surface area contributed by atoms with E-state index in [1.54, 1.807) is 0 Å². The Balaban J connectivity index is 2.24. The SMILES string of the molecule is CCCCCCCC(CCC)NC(=O)OCc1ccccc1. The lowest BCUT2D eigenvalue weighted by Gasteiger charge is -2.18. The number of unbranched alkanes of at least 4 members (excludes halogenated alkanes) is 4. The maximum Gasteiger partial charge on any atom is 0.407 e. The summed E-state index contributed by atoms with van der Waals surface area (Å²) in [6.45, 7) is 4.72. The molecule has 0 aromatic heterocycles. The Bertz CT molecular complexity index is 392. The van der Waals surface area contributed by atoms with Crippen LogP contribution in [0.5, 0.6) is 0 Å². The van der Waals surface area contributed by atoms with Gasteiger partial charge in [-0.15, -0.1) is 0 Å². The average Bonchev–Trinajstić information content (AvgIpc) is 2.54. The van der Waals surface area contributed by atoms with Gasteiger partial charge >= 0.3 is 6.09 Å². The van der Waals surface area contributed by atoms with Crippen LogP contribution in [0.2, 0.25) is 0 Å². The van der Waals surface area contributed by atoms with E-state index in [1.807, 2.05) is 30.3 Å².